The monoisotopic (exact) mass is 346 g/mol. The Morgan fingerprint density at radius 3 is 2.48 bits per heavy atom. The van der Waals surface area contributed by atoms with Crippen LogP contribution in [0.1, 0.15) is 21.5 Å². The van der Waals surface area contributed by atoms with Gasteiger partial charge < -0.3 is 10.2 Å². The Bertz CT molecular complexity index is 680. The molecule has 0 spiro atoms. The average Bonchev–Trinajstić information content (AvgIpc) is 2.43. The van der Waals surface area contributed by atoms with Crippen molar-refractivity contribution in [1.29, 1.82) is 0 Å². The molecule has 2 aromatic rings. The largest absolute Gasteiger partial charge is 0.377 e. The van der Waals surface area contributed by atoms with Gasteiger partial charge in [-0.3, -0.25) is 4.79 Å². The lowest BCUT2D eigenvalue weighted by Gasteiger charge is -2.17. The molecule has 0 aliphatic carbocycles. The van der Waals surface area contributed by atoms with Crippen LogP contribution in [-0.4, -0.2) is 20.0 Å². The Labute approximate surface area is 134 Å². The third kappa shape index (κ3) is 3.45. The van der Waals surface area contributed by atoms with Crippen LogP contribution in [0.25, 0.3) is 0 Å². The van der Waals surface area contributed by atoms with Crippen molar-refractivity contribution in [2.75, 3.05) is 24.3 Å². The molecular formula is C17H19BrN2O. The van der Waals surface area contributed by atoms with E-state index in [0.717, 1.165) is 21.4 Å². The van der Waals surface area contributed by atoms with Crippen LogP contribution in [-0.2, 0) is 0 Å². The number of nitrogens with one attached hydrogen (secondary N) is 1. The minimum absolute atomic E-state index is 0.112. The van der Waals surface area contributed by atoms with Crippen LogP contribution in [0, 0.1) is 13.8 Å². The van der Waals surface area contributed by atoms with Crippen molar-refractivity contribution in [2.45, 2.75) is 13.8 Å². The van der Waals surface area contributed by atoms with Crippen molar-refractivity contribution < 1.29 is 4.79 Å². The molecule has 0 aliphatic rings. The highest BCUT2D eigenvalue weighted by atomic mass is 79.9. The third-order valence-corrected chi connectivity index (χ3v) is 4.44. The van der Waals surface area contributed by atoms with E-state index in [4.69, 9.17) is 0 Å². The molecule has 4 heteroatoms. The average molecular weight is 347 g/mol. The van der Waals surface area contributed by atoms with Gasteiger partial charge >= 0.3 is 0 Å². The standard InChI is InChI=1S/C17H19BrN2O/c1-11-8-9-13(10-15(11)20(3)4)19-17(21)14-7-5-6-12(2)16(14)18/h5-10H,1-4H3,(H,19,21). The molecule has 0 atom stereocenters. The van der Waals surface area contributed by atoms with Gasteiger partial charge in [-0.2, -0.15) is 0 Å². The number of anilines is 2. The zero-order valence-corrected chi connectivity index (χ0v) is 14.3. The number of nitrogens with zero attached hydrogens (tertiary/aromatic N) is 1. The zero-order chi connectivity index (χ0) is 15.6. The summed E-state index contributed by atoms with van der Waals surface area (Å²) in [6.07, 6.45) is 0. The highest BCUT2D eigenvalue weighted by molar-refractivity contribution is 9.10. The lowest BCUT2D eigenvalue weighted by Crippen LogP contribution is -2.15. The van der Waals surface area contributed by atoms with E-state index in [0.29, 0.717) is 5.56 Å². The summed E-state index contributed by atoms with van der Waals surface area (Å²) in [7, 11) is 3.98. The minimum atomic E-state index is -0.112. The molecule has 110 valence electrons. The van der Waals surface area contributed by atoms with Gasteiger partial charge in [0.05, 0.1) is 5.56 Å². The number of amides is 1. The van der Waals surface area contributed by atoms with Crippen LogP contribution in [0.2, 0.25) is 0 Å². The van der Waals surface area contributed by atoms with Crippen molar-refractivity contribution in [1.82, 2.24) is 0 Å². The van der Waals surface area contributed by atoms with Gasteiger partial charge in [0.1, 0.15) is 0 Å². The molecule has 0 aromatic heterocycles. The van der Waals surface area contributed by atoms with Crippen molar-refractivity contribution in [3.8, 4) is 0 Å². The first kappa shape index (κ1) is 15.6. The predicted octanol–water partition coefficient (Wildman–Crippen LogP) is 4.38. The normalized spacial score (nSPS) is 10.3. The first-order valence-electron chi connectivity index (χ1n) is 6.74. The number of hydrogen-bond acceptors (Lipinski definition) is 2. The van der Waals surface area contributed by atoms with Crippen LogP contribution in [0.15, 0.2) is 40.9 Å². The summed E-state index contributed by atoms with van der Waals surface area (Å²) in [5, 5.41) is 2.95. The van der Waals surface area contributed by atoms with E-state index >= 15 is 0 Å². The second kappa shape index (κ2) is 6.31. The molecule has 0 radical (unpaired) electrons. The first-order chi connectivity index (χ1) is 9.90. The number of benzene rings is 2. The maximum absolute atomic E-state index is 12.4. The number of hydrogen-bond donors (Lipinski definition) is 1. The van der Waals surface area contributed by atoms with Gasteiger partial charge in [0.15, 0.2) is 0 Å². The number of carbonyl (C=O) groups is 1. The Balaban J connectivity index is 2.28. The van der Waals surface area contributed by atoms with Crippen LogP contribution in [0.5, 0.6) is 0 Å². The van der Waals surface area contributed by atoms with E-state index in [1.807, 2.05) is 62.3 Å². The van der Waals surface area contributed by atoms with Gasteiger partial charge in [-0.15, -0.1) is 0 Å². The second-order valence-electron chi connectivity index (χ2n) is 5.29. The van der Waals surface area contributed by atoms with Gasteiger partial charge in [0, 0.05) is 29.9 Å². The van der Waals surface area contributed by atoms with E-state index in [1.165, 1.54) is 5.56 Å². The molecule has 1 N–H and O–H groups in total. The number of carbonyl (C=O) groups excluding carboxylic acids is 1. The van der Waals surface area contributed by atoms with Gasteiger partial charge in [-0.1, -0.05) is 18.2 Å². The molecule has 0 fully saturated rings. The lowest BCUT2D eigenvalue weighted by atomic mass is 10.1. The van der Waals surface area contributed by atoms with E-state index in [-0.39, 0.29) is 5.91 Å². The zero-order valence-electron chi connectivity index (χ0n) is 12.7. The molecule has 0 unspecified atom stereocenters. The molecule has 0 heterocycles. The fourth-order valence-electron chi connectivity index (χ4n) is 2.19. The molecule has 3 nitrogen and oxygen atoms in total. The molecule has 2 rings (SSSR count). The molecule has 0 aliphatic heterocycles. The van der Waals surface area contributed by atoms with Gasteiger partial charge in [0.2, 0.25) is 0 Å². The summed E-state index contributed by atoms with van der Waals surface area (Å²) < 4.78 is 0.836. The quantitative estimate of drug-likeness (QED) is 0.893. The molecule has 0 bridgehead atoms. The topological polar surface area (TPSA) is 32.3 Å². The Hall–Kier alpha value is -1.81. The Morgan fingerprint density at radius 2 is 1.81 bits per heavy atom. The smallest absolute Gasteiger partial charge is 0.256 e. The van der Waals surface area contributed by atoms with Crippen molar-refractivity contribution in [2.24, 2.45) is 0 Å². The van der Waals surface area contributed by atoms with E-state index in [1.54, 1.807) is 0 Å². The summed E-state index contributed by atoms with van der Waals surface area (Å²) in [5.41, 5.74) is 4.75. The van der Waals surface area contributed by atoms with Crippen molar-refractivity contribution >= 4 is 33.2 Å². The fraction of sp³-hybridized carbons (Fsp3) is 0.235. The van der Waals surface area contributed by atoms with Crippen LogP contribution in [0.4, 0.5) is 11.4 Å². The van der Waals surface area contributed by atoms with Crippen LogP contribution < -0.4 is 10.2 Å². The van der Waals surface area contributed by atoms with Gasteiger partial charge in [-0.05, 0) is 59.1 Å². The predicted molar refractivity (Wildman–Crippen MR) is 92.3 cm³/mol. The highest BCUT2D eigenvalue weighted by Gasteiger charge is 2.12. The number of halogens is 1. The van der Waals surface area contributed by atoms with E-state index in [2.05, 4.69) is 28.2 Å². The van der Waals surface area contributed by atoms with Crippen LogP contribution >= 0.6 is 15.9 Å². The van der Waals surface area contributed by atoms with E-state index in [9.17, 15) is 4.79 Å². The molecular weight excluding hydrogens is 328 g/mol. The Morgan fingerprint density at radius 1 is 1.10 bits per heavy atom. The maximum Gasteiger partial charge on any atom is 0.256 e. The van der Waals surface area contributed by atoms with Crippen LogP contribution in [0.3, 0.4) is 0 Å². The van der Waals surface area contributed by atoms with Crippen molar-refractivity contribution in [3.05, 3.63) is 57.6 Å². The van der Waals surface area contributed by atoms with Gasteiger partial charge in [-0.25, -0.2) is 0 Å². The van der Waals surface area contributed by atoms with Gasteiger partial charge in [0.25, 0.3) is 5.91 Å². The summed E-state index contributed by atoms with van der Waals surface area (Å²) >= 11 is 3.47. The number of aryl methyl sites for hydroxylation is 2. The second-order valence-corrected chi connectivity index (χ2v) is 6.08. The Kier molecular flexibility index (Phi) is 4.68. The first-order valence-corrected chi connectivity index (χ1v) is 7.54. The van der Waals surface area contributed by atoms with E-state index < -0.39 is 0 Å². The molecule has 1 amide bonds. The lowest BCUT2D eigenvalue weighted by molar-refractivity contribution is 0.102. The minimum Gasteiger partial charge on any atom is -0.377 e. The number of rotatable bonds is 3. The molecule has 0 saturated carbocycles. The fourth-order valence-corrected chi connectivity index (χ4v) is 2.63. The third-order valence-electron chi connectivity index (χ3n) is 3.39. The summed E-state index contributed by atoms with van der Waals surface area (Å²) in [4.78, 5) is 14.4. The molecule has 2 aromatic carbocycles. The molecule has 21 heavy (non-hydrogen) atoms. The highest BCUT2D eigenvalue weighted by Crippen LogP contribution is 2.25. The summed E-state index contributed by atoms with van der Waals surface area (Å²) in [6.45, 7) is 4.02. The maximum atomic E-state index is 12.4. The van der Waals surface area contributed by atoms with Crippen molar-refractivity contribution in [3.63, 3.8) is 0 Å². The summed E-state index contributed by atoms with van der Waals surface area (Å²) in [6, 6.07) is 11.6. The SMILES string of the molecule is Cc1ccc(NC(=O)c2cccc(C)c2Br)cc1N(C)C. The molecule has 0 saturated heterocycles. The summed E-state index contributed by atoms with van der Waals surface area (Å²) in [5.74, 6) is -0.112.